The van der Waals surface area contributed by atoms with E-state index in [0.717, 1.165) is 43.6 Å². The summed E-state index contributed by atoms with van der Waals surface area (Å²) in [5.74, 6) is 3.48. The molecule has 3 aliphatic carbocycles. The lowest BCUT2D eigenvalue weighted by molar-refractivity contribution is -0.127. The summed E-state index contributed by atoms with van der Waals surface area (Å²) in [6.45, 7) is 10.6. The molecule has 2 heteroatoms. The highest BCUT2D eigenvalue weighted by Crippen LogP contribution is 2.40. The van der Waals surface area contributed by atoms with Gasteiger partial charge in [0.25, 0.3) is 0 Å². The maximum Gasteiger partial charge on any atom is 0.137 e. The lowest BCUT2D eigenvalue weighted by Crippen LogP contribution is -2.40. The average Bonchev–Trinajstić information content (AvgIpc) is 3.26. The molecule has 2 atom stereocenters. The predicted molar refractivity (Wildman–Crippen MR) is 87.2 cm³/mol. The summed E-state index contributed by atoms with van der Waals surface area (Å²) in [6, 6.07) is 0. The second kappa shape index (κ2) is 6.02. The first-order valence-electron chi connectivity index (χ1n) is 9.17. The molecule has 3 rings (SSSR count). The summed E-state index contributed by atoms with van der Waals surface area (Å²) in [6.07, 6.45) is 8.76. The second-order valence-corrected chi connectivity index (χ2v) is 9.11. The second-order valence-electron chi connectivity index (χ2n) is 9.11. The van der Waals surface area contributed by atoms with Crippen LogP contribution in [0.5, 0.6) is 0 Å². The quantitative estimate of drug-likeness (QED) is 0.733. The summed E-state index contributed by atoms with van der Waals surface area (Å²) in [5, 5.41) is 0. The van der Waals surface area contributed by atoms with Crippen LogP contribution in [0.1, 0.15) is 65.7 Å². The number of nitrogens with zero attached hydrogens (tertiary/aromatic N) is 1. The van der Waals surface area contributed by atoms with Gasteiger partial charge in [0.2, 0.25) is 0 Å². The fraction of sp³-hybridized carbons (Fsp3) is 0.947. The van der Waals surface area contributed by atoms with Crippen molar-refractivity contribution in [1.29, 1.82) is 0 Å². The lowest BCUT2D eigenvalue weighted by Gasteiger charge is -2.38. The Hall–Kier alpha value is -0.370. The van der Waals surface area contributed by atoms with E-state index in [4.69, 9.17) is 0 Å². The molecule has 0 aliphatic heterocycles. The van der Waals surface area contributed by atoms with Gasteiger partial charge in [0.1, 0.15) is 5.78 Å². The van der Waals surface area contributed by atoms with Crippen LogP contribution in [0.3, 0.4) is 0 Å². The Kier molecular flexibility index (Phi) is 4.45. The van der Waals surface area contributed by atoms with Crippen molar-refractivity contribution in [2.75, 3.05) is 19.6 Å². The zero-order chi connectivity index (χ0) is 15.0. The third kappa shape index (κ3) is 4.55. The van der Waals surface area contributed by atoms with Gasteiger partial charge in [0.15, 0.2) is 0 Å². The van der Waals surface area contributed by atoms with Crippen LogP contribution in [0.15, 0.2) is 0 Å². The first-order valence-corrected chi connectivity index (χ1v) is 9.17. The first kappa shape index (κ1) is 15.5. The Labute approximate surface area is 130 Å². The molecule has 0 aromatic rings. The van der Waals surface area contributed by atoms with Crippen molar-refractivity contribution >= 4 is 5.78 Å². The minimum Gasteiger partial charge on any atom is -0.302 e. The van der Waals surface area contributed by atoms with Crippen LogP contribution in [0.25, 0.3) is 0 Å². The van der Waals surface area contributed by atoms with E-state index in [0.29, 0.717) is 17.1 Å². The predicted octanol–water partition coefficient (Wildman–Crippen LogP) is 4.14. The van der Waals surface area contributed by atoms with Crippen molar-refractivity contribution < 1.29 is 4.79 Å². The van der Waals surface area contributed by atoms with E-state index in [-0.39, 0.29) is 0 Å². The van der Waals surface area contributed by atoms with Gasteiger partial charge in [-0.15, -0.1) is 0 Å². The summed E-state index contributed by atoms with van der Waals surface area (Å²) in [5.41, 5.74) is 0.358. The first-order chi connectivity index (χ1) is 9.91. The molecule has 0 radical (unpaired) electrons. The van der Waals surface area contributed by atoms with Crippen molar-refractivity contribution in [2.45, 2.75) is 65.7 Å². The third-order valence-electron chi connectivity index (χ3n) is 5.89. The fourth-order valence-electron chi connectivity index (χ4n) is 3.94. The molecule has 0 heterocycles. The third-order valence-corrected chi connectivity index (χ3v) is 5.89. The Morgan fingerprint density at radius 1 is 0.952 bits per heavy atom. The molecular weight excluding hydrogens is 258 g/mol. The largest absolute Gasteiger partial charge is 0.302 e. The summed E-state index contributed by atoms with van der Waals surface area (Å²) >= 11 is 0. The summed E-state index contributed by atoms with van der Waals surface area (Å²) < 4.78 is 0. The van der Waals surface area contributed by atoms with E-state index >= 15 is 0 Å². The van der Waals surface area contributed by atoms with E-state index in [1.165, 1.54) is 38.8 Å². The van der Waals surface area contributed by atoms with Crippen LogP contribution in [-0.2, 0) is 4.79 Å². The molecule has 3 aliphatic rings. The smallest absolute Gasteiger partial charge is 0.137 e. The topological polar surface area (TPSA) is 20.3 Å². The van der Waals surface area contributed by atoms with Crippen molar-refractivity contribution in [1.82, 2.24) is 4.90 Å². The van der Waals surface area contributed by atoms with Gasteiger partial charge in [-0.2, -0.15) is 0 Å². The summed E-state index contributed by atoms with van der Waals surface area (Å²) in [4.78, 5) is 15.0. The minimum atomic E-state index is 0.320. The number of hydrogen-bond acceptors (Lipinski definition) is 2. The van der Waals surface area contributed by atoms with Crippen molar-refractivity contribution in [3.8, 4) is 0 Å². The van der Waals surface area contributed by atoms with Gasteiger partial charge in [-0.25, -0.2) is 0 Å². The van der Waals surface area contributed by atoms with Crippen molar-refractivity contribution in [3.05, 3.63) is 0 Å². The molecule has 0 aromatic heterocycles. The molecule has 0 N–H and O–H groups in total. The highest BCUT2D eigenvalue weighted by Gasteiger charge is 2.37. The minimum absolute atomic E-state index is 0.320. The zero-order valence-electron chi connectivity index (χ0n) is 14.2. The molecule has 2 unspecified atom stereocenters. The lowest BCUT2D eigenvalue weighted by atomic mass is 9.68. The Morgan fingerprint density at radius 2 is 1.52 bits per heavy atom. The van der Waals surface area contributed by atoms with Gasteiger partial charge in [0.05, 0.1) is 0 Å². The molecule has 21 heavy (non-hydrogen) atoms. The van der Waals surface area contributed by atoms with Gasteiger partial charge in [-0.3, -0.25) is 4.79 Å². The maximum absolute atomic E-state index is 12.4. The molecule has 0 saturated heterocycles. The molecule has 120 valence electrons. The van der Waals surface area contributed by atoms with Gasteiger partial charge >= 0.3 is 0 Å². The van der Waals surface area contributed by atoms with Gasteiger partial charge < -0.3 is 4.90 Å². The molecule has 0 aromatic carbocycles. The van der Waals surface area contributed by atoms with Crippen LogP contribution in [0, 0.1) is 29.1 Å². The van der Waals surface area contributed by atoms with E-state index in [2.05, 4.69) is 25.7 Å². The number of rotatable bonds is 6. The molecule has 0 amide bonds. The number of Topliss-reactive ketones (excluding diaryl/α,β-unsaturated/α-hetero) is 1. The van der Waals surface area contributed by atoms with E-state index in [9.17, 15) is 4.79 Å². The van der Waals surface area contributed by atoms with E-state index in [1.807, 2.05) is 0 Å². The molecule has 0 spiro atoms. The van der Waals surface area contributed by atoms with Gasteiger partial charge in [0, 0.05) is 32.0 Å². The van der Waals surface area contributed by atoms with Crippen LogP contribution in [-0.4, -0.2) is 30.3 Å². The van der Waals surface area contributed by atoms with Crippen molar-refractivity contribution in [3.63, 3.8) is 0 Å². The van der Waals surface area contributed by atoms with Gasteiger partial charge in [-0.05, 0) is 61.7 Å². The van der Waals surface area contributed by atoms with Crippen LogP contribution >= 0.6 is 0 Å². The highest BCUT2D eigenvalue weighted by molar-refractivity contribution is 5.82. The monoisotopic (exact) mass is 291 g/mol. The SMILES string of the molecule is CC(C)(C)C1CCC(=O)C(CN(CC2CC2)CC2CC2)C1. The molecule has 3 fully saturated rings. The normalized spacial score (nSPS) is 31.0. The van der Waals surface area contributed by atoms with Crippen LogP contribution in [0.2, 0.25) is 0 Å². The standard InChI is InChI=1S/C19H33NO/c1-19(2,3)17-8-9-18(21)16(10-17)13-20(11-14-4-5-14)12-15-6-7-15/h14-17H,4-13H2,1-3H3. The van der Waals surface area contributed by atoms with Crippen LogP contribution in [0.4, 0.5) is 0 Å². The molecule has 3 saturated carbocycles. The number of hydrogen-bond donors (Lipinski definition) is 0. The Morgan fingerprint density at radius 3 is 2.00 bits per heavy atom. The molecular formula is C19H33NO. The molecule has 2 nitrogen and oxygen atoms in total. The Bertz CT molecular complexity index is 362. The number of carbonyl (C=O) groups excluding carboxylic acids is 1. The van der Waals surface area contributed by atoms with Crippen molar-refractivity contribution in [2.24, 2.45) is 29.1 Å². The number of carbonyl (C=O) groups is 1. The van der Waals surface area contributed by atoms with E-state index in [1.54, 1.807) is 0 Å². The molecule has 0 bridgehead atoms. The maximum atomic E-state index is 12.4. The van der Waals surface area contributed by atoms with Gasteiger partial charge in [-0.1, -0.05) is 20.8 Å². The fourth-order valence-corrected chi connectivity index (χ4v) is 3.94. The average molecular weight is 291 g/mol. The Balaban J connectivity index is 1.57. The van der Waals surface area contributed by atoms with E-state index < -0.39 is 0 Å². The summed E-state index contributed by atoms with van der Waals surface area (Å²) in [7, 11) is 0. The highest BCUT2D eigenvalue weighted by atomic mass is 16.1. The zero-order valence-corrected chi connectivity index (χ0v) is 14.2. The van der Waals surface area contributed by atoms with Crippen LogP contribution < -0.4 is 0 Å². The number of ketones is 1.